The van der Waals surface area contributed by atoms with Crippen molar-refractivity contribution in [1.29, 1.82) is 0 Å². The van der Waals surface area contributed by atoms with Crippen molar-refractivity contribution in [1.82, 2.24) is 5.06 Å². The average molecular weight is 332 g/mol. The molecular weight excluding hydrogens is 314 g/mol. The SMILES string of the molecule is CON(C)C(=O)C1(S(=O)(=O)c2ccc(Cl)cc2)CCCC1. The monoisotopic (exact) mass is 331 g/mol. The summed E-state index contributed by atoms with van der Waals surface area (Å²) in [4.78, 5) is 17.6. The maximum atomic E-state index is 13.0. The van der Waals surface area contributed by atoms with Crippen LogP contribution in [-0.4, -0.2) is 38.3 Å². The lowest BCUT2D eigenvalue weighted by Crippen LogP contribution is -2.50. The molecule has 0 bridgehead atoms. The van der Waals surface area contributed by atoms with Crippen molar-refractivity contribution in [3.05, 3.63) is 29.3 Å². The van der Waals surface area contributed by atoms with E-state index >= 15 is 0 Å². The number of sulfone groups is 1. The molecule has 5 nitrogen and oxygen atoms in total. The van der Waals surface area contributed by atoms with Crippen LogP contribution < -0.4 is 0 Å². The van der Waals surface area contributed by atoms with Gasteiger partial charge in [-0.05, 0) is 37.1 Å². The molecule has 21 heavy (non-hydrogen) atoms. The Morgan fingerprint density at radius 2 is 1.76 bits per heavy atom. The van der Waals surface area contributed by atoms with Crippen molar-refractivity contribution in [3.63, 3.8) is 0 Å². The fourth-order valence-corrected chi connectivity index (χ4v) is 5.01. The van der Waals surface area contributed by atoms with Gasteiger partial charge in [-0.15, -0.1) is 0 Å². The first kappa shape index (κ1) is 16.3. The maximum Gasteiger partial charge on any atom is 0.267 e. The largest absolute Gasteiger partial charge is 0.275 e. The van der Waals surface area contributed by atoms with Crippen molar-refractivity contribution in [3.8, 4) is 0 Å². The predicted molar refractivity (Wildman–Crippen MR) is 79.6 cm³/mol. The van der Waals surface area contributed by atoms with E-state index in [2.05, 4.69) is 0 Å². The lowest BCUT2D eigenvalue weighted by atomic mass is 10.1. The fraction of sp³-hybridized carbons (Fsp3) is 0.500. The summed E-state index contributed by atoms with van der Waals surface area (Å²) in [6.45, 7) is 0. The Morgan fingerprint density at radius 3 is 2.24 bits per heavy atom. The van der Waals surface area contributed by atoms with Crippen molar-refractivity contribution in [2.24, 2.45) is 0 Å². The van der Waals surface area contributed by atoms with Gasteiger partial charge in [0.2, 0.25) is 0 Å². The van der Waals surface area contributed by atoms with Crippen LogP contribution >= 0.6 is 11.6 Å². The molecule has 1 aromatic rings. The lowest BCUT2D eigenvalue weighted by molar-refractivity contribution is -0.171. The molecule has 0 spiro atoms. The van der Waals surface area contributed by atoms with Crippen LogP contribution in [0.4, 0.5) is 0 Å². The standard InChI is InChI=1S/C14H18ClNO4S/c1-16(20-2)13(17)14(9-3-4-10-14)21(18,19)12-7-5-11(15)6-8-12/h5-8H,3-4,9-10H2,1-2H3. The molecule has 1 aliphatic rings. The summed E-state index contributed by atoms with van der Waals surface area (Å²) >= 11 is 5.80. The zero-order valence-corrected chi connectivity index (χ0v) is 13.6. The number of hydrogen-bond acceptors (Lipinski definition) is 4. The molecular formula is C14H18ClNO4S. The second kappa shape index (κ2) is 5.94. The Kier molecular flexibility index (Phi) is 4.60. The molecule has 0 heterocycles. The van der Waals surface area contributed by atoms with Crippen LogP contribution in [0, 0.1) is 0 Å². The van der Waals surface area contributed by atoms with Crippen LogP contribution in [0.5, 0.6) is 0 Å². The second-order valence-corrected chi connectivity index (χ2v) is 7.84. The van der Waals surface area contributed by atoms with Crippen LogP contribution in [0.1, 0.15) is 25.7 Å². The van der Waals surface area contributed by atoms with Crippen LogP contribution in [-0.2, 0) is 19.5 Å². The second-order valence-electron chi connectivity index (χ2n) is 5.14. The molecule has 0 unspecified atom stereocenters. The van der Waals surface area contributed by atoms with E-state index in [1.165, 1.54) is 38.4 Å². The van der Waals surface area contributed by atoms with E-state index in [9.17, 15) is 13.2 Å². The van der Waals surface area contributed by atoms with Gasteiger partial charge in [0, 0.05) is 12.1 Å². The van der Waals surface area contributed by atoms with Crippen LogP contribution in [0.3, 0.4) is 0 Å². The van der Waals surface area contributed by atoms with Gasteiger partial charge in [0.05, 0.1) is 12.0 Å². The molecule has 0 N–H and O–H groups in total. The summed E-state index contributed by atoms with van der Waals surface area (Å²) in [5, 5.41) is 1.45. The summed E-state index contributed by atoms with van der Waals surface area (Å²) in [7, 11) is -1.03. The normalized spacial score (nSPS) is 17.7. The van der Waals surface area contributed by atoms with Crippen molar-refractivity contribution < 1.29 is 18.0 Å². The molecule has 1 aliphatic carbocycles. The number of benzene rings is 1. The topological polar surface area (TPSA) is 63.7 Å². The molecule has 7 heteroatoms. The van der Waals surface area contributed by atoms with Gasteiger partial charge in [-0.25, -0.2) is 13.5 Å². The van der Waals surface area contributed by atoms with E-state index in [0.717, 1.165) is 5.06 Å². The quantitative estimate of drug-likeness (QED) is 0.795. The summed E-state index contributed by atoms with van der Waals surface area (Å²) in [5.74, 6) is -0.516. The molecule has 2 rings (SSSR count). The fourth-order valence-electron chi connectivity index (χ4n) is 2.75. The molecule has 1 aromatic carbocycles. The summed E-state index contributed by atoms with van der Waals surface area (Å²) in [5.41, 5.74) is 0. The van der Waals surface area contributed by atoms with E-state index in [0.29, 0.717) is 30.7 Å². The highest BCUT2D eigenvalue weighted by Crippen LogP contribution is 2.42. The minimum Gasteiger partial charge on any atom is -0.275 e. The van der Waals surface area contributed by atoms with Gasteiger partial charge in [0.15, 0.2) is 14.6 Å². The van der Waals surface area contributed by atoms with Crippen molar-refractivity contribution in [2.75, 3.05) is 14.2 Å². The molecule has 0 aliphatic heterocycles. The Balaban J connectivity index is 2.51. The van der Waals surface area contributed by atoms with Crippen LogP contribution in [0.25, 0.3) is 0 Å². The van der Waals surface area contributed by atoms with E-state index < -0.39 is 20.5 Å². The summed E-state index contributed by atoms with van der Waals surface area (Å²) in [6, 6.07) is 5.92. The van der Waals surface area contributed by atoms with Gasteiger partial charge in [-0.2, -0.15) is 0 Å². The molecule has 1 fully saturated rings. The van der Waals surface area contributed by atoms with Crippen LogP contribution in [0.15, 0.2) is 29.2 Å². The number of nitrogens with zero attached hydrogens (tertiary/aromatic N) is 1. The molecule has 0 radical (unpaired) electrons. The predicted octanol–water partition coefficient (Wildman–Crippen LogP) is 2.45. The molecule has 0 atom stereocenters. The number of hydroxylamine groups is 2. The molecule has 1 amide bonds. The molecule has 116 valence electrons. The van der Waals surface area contributed by atoms with Gasteiger partial charge in [0.1, 0.15) is 0 Å². The molecule has 0 saturated heterocycles. The van der Waals surface area contributed by atoms with E-state index in [1.807, 2.05) is 0 Å². The number of rotatable bonds is 4. The highest BCUT2D eigenvalue weighted by molar-refractivity contribution is 7.93. The highest BCUT2D eigenvalue weighted by Gasteiger charge is 2.54. The Hall–Kier alpha value is -1.11. The van der Waals surface area contributed by atoms with E-state index in [1.54, 1.807) is 0 Å². The number of carbonyl (C=O) groups excluding carboxylic acids is 1. The van der Waals surface area contributed by atoms with Gasteiger partial charge < -0.3 is 0 Å². The third-order valence-corrected chi connectivity index (χ3v) is 6.76. The first-order valence-corrected chi connectivity index (χ1v) is 8.54. The molecule has 1 saturated carbocycles. The summed E-state index contributed by atoms with van der Waals surface area (Å²) < 4.78 is 24.5. The maximum absolute atomic E-state index is 13.0. The number of hydrogen-bond donors (Lipinski definition) is 0. The summed E-state index contributed by atoms with van der Waals surface area (Å²) in [6.07, 6.45) is 2.03. The zero-order chi connectivity index (χ0) is 15.7. The Bertz CT molecular complexity index is 621. The van der Waals surface area contributed by atoms with Crippen molar-refractivity contribution >= 4 is 27.3 Å². The van der Waals surface area contributed by atoms with Gasteiger partial charge in [-0.1, -0.05) is 24.4 Å². The molecule has 0 aromatic heterocycles. The number of halogens is 1. The highest BCUT2D eigenvalue weighted by atomic mass is 35.5. The third kappa shape index (κ3) is 2.67. The number of carbonyl (C=O) groups is 1. The first-order valence-electron chi connectivity index (χ1n) is 6.67. The van der Waals surface area contributed by atoms with Crippen LogP contribution in [0.2, 0.25) is 5.02 Å². The Morgan fingerprint density at radius 1 is 1.24 bits per heavy atom. The van der Waals surface area contributed by atoms with Crippen molar-refractivity contribution in [2.45, 2.75) is 35.3 Å². The van der Waals surface area contributed by atoms with E-state index in [-0.39, 0.29) is 4.90 Å². The first-order chi connectivity index (χ1) is 9.85. The smallest absolute Gasteiger partial charge is 0.267 e. The minimum atomic E-state index is -3.80. The van der Waals surface area contributed by atoms with E-state index in [4.69, 9.17) is 16.4 Å². The zero-order valence-electron chi connectivity index (χ0n) is 12.0. The minimum absolute atomic E-state index is 0.117. The Labute approximate surface area is 129 Å². The third-order valence-electron chi connectivity index (χ3n) is 4.00. The number of amides is 1. The van der Waals surface area contributed by atoms with Gasteiger partial charge >= 0.3 is 0 Å². The lowest BCUT2D eigenvalue weighted by Gasteiger charge is -2.30. The van der Waals surface area contributed by atoms with Gasteiger partial charge in [0.25, 0.3) is 5.91 Å². The average Bonchev–Trinajstić information content (AvgIpc) is 2.97. The van der Waals surface area contributed by atoms with Gasteiger partial charge in [-0.3, -0.25) is 9.63 Å².